The van der Waals surface area contributed by atoms with Crippen LogP contribution in [-0.2, 0) is 0 Å². The minimum Gasteiger partial charge on any atom is -0.397 e. The lowest BCUT2D eigenvalue weighted by molar-refractivity contribution is 0.629. The highest BCUT2D eigenvalue weighted by Gasteiger charge is 2.04. The molecule has 0 aliphatic carbocycles. The van der Waals surface area contributed by atoms with Crippen molar-refractivity contribution in [2.75, 3.05) is 24.1 Å². The van der Waals surface area contributed by atoms with Crippen molar-refractivity contribution in [1.29, 1.82) is 0 Å². The van der Waals surface area contributed by atoms with E-state index in [2.05, 4.69) is 5.32 Å². The lowest BCUT2D eigenvalue weighted by Gasteiger charge is -2.08. The summed E-state index contributed by atoms with van der Waals surface area (Å²) in [7, 11) is 0. The van der Waals surface area contributed by atoms with Crippen molar-refractivity contribution < 1.29 is 4.39 Å². The van der Waals surface area contributed by atoms with Crippen LogP contribution in [0.5, 0.6) is 0 Å². The molecule has 1 aromatic rings. The van der Waals surface area contributed by atoms with E-state index in [4.69, 9.17) is 23.1 Å². The molecule has 0 atom stereocenters. The highest BCUT2D eigenvalue weighted by molar-refractivity contribution is 6.31. The van der Waals surface area contributed by atoms with E-state index in [1.807, 2.05) is 0 Å². The van der Waals surface area contributed by atoms with E-state index in [1.165, 1.54) is 12.1 Å². The molecule has 0 radical (unpaired) electrons. The first-order chi connectivity index (χ1) is 6.15. The number of nitrogens with one attached hydrogen (secondary N) is 1. The van der Waals surface area contributed by atoms with Gasteiger partial charge in [0.05, 0.1) is 16.4 Å². The van der Waals surface area contributed by atoms with Gasteiger partial charge in [-0.2, -0.15) is 0 Å². The average Bonchev–Trinajstić information content (AvgIpc) is 2.09. The van der Waals surface area contributed by atoms with Gasteiger partial charge < -0.3 is 16.8 Å². The summed E-state index contributed by atoms with van der Waals surface area (Å²) >= 11 is 5.51. The normalized spacial score (nSPS) is 10.1. The summed E-state index contributed by atoms with van der Waals surface area (Å²) in [6.07, 6.45) is 0. The van der Waals surface area contributed by atoms with Crippen LogP contribution >= 0.6 is 11.6 Å². The molecule has 0 saturated heterocycles. The van der Waals surface area contributed by atoms with Gasteiger partial charge in [-0.25, -0.2) is 4.39 Å². The van der Waals surface area contributed by atoms with Crippen LogP contribution in [0.15, 0.2) is 12.1 Å². The van der Waals surface area contributed by atoms with Gasteiger partial charge in [0.1, 0.15) is 5.82 Å². The number of nitrogens with two attached hydrogens (primary N) is 2. The topological polar surface area (TPSA) is 64.1 Å². The molecule has 0 aliphatic rings. The zero-order chi connectivity index (χ0) is 9.84. The first-order valence-corrected chi connectivity index (χ1v) is 4.21. The Morgan fingerprint density at radius 2 is 2.15 bits per heavy atom. The Morgan fingerprint density at radius 3 is 2.77 bits per heavy atom. The van der Waals surface area contributed by atoms with Crippen LogP contribution < -0.4 is 16.8 Å². The lowest BCUT2D eigenvalue weighted by atomic mass is 10.2. The highest BCUT2D eigenvalue weighted by atomic mass is 35.5. The van der Waals surface area contributed by atoms with E-state index >= 15 is 0 Å². The summed E-state index contributed by atoms with van der Waals surface area (Å²) in [4.78, 5) is 0. The molecule has 1 aromatic carbocycles. The van der Waals surface area contributed by atoms with Crippen molar-refractivity contribution in [3.05, 3.63) is 23.0 Å². The monoisotopic (exact) mass is 203 g/mol. The van der Waals surface area contributed by atoms with Gasteiger partial charge in [-0.3, -0.25) is 0 Å². The largest absolute Gasteiger partial charge is 0.397 e. The fourth-order valence-electron chi connectivity index (χ4n) is 0.922. The molecule has 72 valence electrons. The maximum Gasteiger partial charge on any atom is 0.143 e. The molecule has 0 bridgehead atoms. The maximum atomic E-state index is 12.9. The zero-order valence-electron chi connectivity index (χ0n) is 6.98. The average molecular weight is 204 g/mol. The first kappa shape index (κ1) is 10.1. The fourth-order valence-corrected chi connectivity index (χ4v) is 1.09. The fraction of sp³-hybridized carbons (Fsp3) is 0.250. The Morgan fingerprint density at radius 1 is 1.46 bits per heavy atom. The summed E-state index contributed by atoms with van der Waals surface area (Å²) in [5.41, 5.74) is 11.8. The number of nitrogen functional groups attached to an aromatic ring is 1. The van der Waals surface area contributed by atoms with E-state index in [9.17, 15) is 4.39 Å². The van der Waals surface area contributed by atoms with Crippen molar-refractivity contribution in [2.45, 2.75) is 0 Å². The Hall–Kier alpha value is -1.00. The number of hydrogen-bond donors (Lipinski definition) is 3. The first-order valence-electron chi connectivity index (χ1n) is 3.83. The van der Waals surface area contributed by atoms with Gasteiger partial charge in [-0.15, -0.1) is 0 Å². The van der Waals surface area contributed by atoms with Gasteiger partial charge in [0, 0.05) is 19.2 Å². The standard InChI is InChI=1S/C8H11ClFN3/c9-5-3-7(12)8(4-6(5)10)13-2-1-11/h3-4,13H,1-2,11-12H2. The summed E-state index contributed by atoms with van der Waals surface area (Å²) < 4.78 is 12.9. The molecule has 0 aromatic heterocycles. The third-order valence-corrected chi connectivity index (χ3v) is 1.84. The molecule has 3 nitrogen and oxygen atoms in total. The molecule has 1 rings (SSSR count). The molecule has 0 aliphatic heterocycles. The van der Waals surface area contributed by atoms with Crippen LogP contribution in [0, 0.1) is 5.82 Å². The van der Waals surface area contributed by atoms with Crippen LogP contribution in [0.2, 0.25) is 5.02 Å². The van der Waals surface area contributed by atoms with Gasteiger partial charge in [-0.05, 0) is 6.07 Å². The van der Waals surface area contributed by atoms with E-state index < -0.39 is 5.82 Å². The molecule has 5 N–H and O–H groups in total. The number of rotatable bonds is 3. The second-order valence-electron chi connectivity index (χ2n) is 2.57. The van der Waals surface area contributed by atoms with Crippen molar-refractivity contribution in [3.63, 3.8) is 0 Å². The summed E-state index contributed by atoms with van der Waals surface area (Å²) in [5, 5.41) is 2.91. The molecule has 0 spiro atoms. The Bertz CT molecular complexity index is 304. The minimum absolute atomic E-state index is 0.0239. The van der Waals surface area contributed by atoms with Crippen molar-refractivity contribution in [3.8, 4) is 0 Å². The van der Waals surface area contributed by atoms with Gasteiger partial charge in [0.15, 0.2) is 0 Å². The van der Waals surface area contributed by atoms with Crippen LogP contribution in [0.25, 0.3) is 0 Å². The van der Waals surface area contributed by atoms with Crippen molar-refractivity contribution in [1.82, 2.24) is 0 Å². The molecule has 0 saturated carbocycles. The third-order valence-electron chi connectivity index (χ3n) is 1.55. The van der Waals surface area contributed by atoms with Crippen LogP contribution in [0.4, 0.5) is 15.8 Å². The Labute approximate surface area is 80.9 Å². The molecule has 0 heterocycles. The number of hydrogen-bond acceptors (Lipinski definition) is 3. The van der Waals surface area contributed by atoms with Gasteiger partial charge in [-0.1, -0.05) is 11.6 Å². The summed E-state index contributed by atoms with van der Waals surface area (Å²) in [6.45, 7) is 1.01. The predicted molar refractivity (Wildman–Crippen MR) is 53.4 cm³/mol. The number of anilines is 2. The van der Waals surface area contributed by atoms with E-state index in [-0.39, 0.29) is 5.02 Å². The molecule has 5 heteroatoms. The van der Waals surface area contributed by atoms with Gasteiger partial charge in [0.2, 0.25) is 0 Å². The van der Waals surface area contributed by atoms with E-state index in [1.54, 1.807) is 0 Å². The molecule has 13 heavy (non-hydrogen) atoms. The SMILES string of the molecule is NCCNc1cc(F)c(Cl)cc1N. The van der Waals surface area contributed by atoms with Gasteiger partial charge in [0.25, 0.3) is 0 Å². The maximum absolute atomic E-state index is 12.9. The molecular formula is C8H11ClFN3. The third kappa shape index (κ3) is 2.47. The number of benzene rings is 1. The van der Waals surface area contributed by atoms with Crippen LogP contribution in [0.1, 0.15) is 0 Å². The van der Waals surface area contributed by atoms with Gasteiger partial charge >= 0.3 is 0 Å². The molecule has 0 unspecified atom stereocenters. The lowest BCUT2D eigenvalue weighted by Crippen LogP contribution is -2.14. The summed E-state index contributed by atoms with van der Waals surface area (Å²) in [6, 6.07) is 2.63. The number of halogens is 2. The van der Waals surface area contributed by atoms with Crippen LogP contribution in [0.3, 0.4) is 0 Å². The quantitative estimate of drug-likeness (QED) is 0.652. The minimum atomic E-state index is -0.490. The molecular weight excluding hydrogens is 193 g/mol. The second kappa shape index (κ2) is 4.30. The molecule has 0 amide bonds. The highest BCUT2D eigenvalue weighted by Crippen LogP contribution is 2.25. The Balaban J connectivity index is 2.88. The second-order valence-corrected chi connectivity index (χ2v) is 2.98. The summed E-state index contributed by atoms with van der Waals surface area (Å²) in [5.74, 6) is -0.490. The zero-order valence-corrected chi connectivity index (χ0v) is 7.74. The van der Waals surface area contributed by atoms with Crippen molar-refractivity contribution in [2.24, 2.45) is 5.73 Å². The smallest absolute Gasteiger partial charge is 0.143 e. The molecule has 0 fully saturated rings. The van der Waals surface area contributed by atoms with E-state index in [0.29, 0.717) is 24.5 Å². The predicted octanol–water partition coefficient (Wildman–Crippen LogP) is 1.43. The van der Waals surface area contributed by atoms with Crippen molar-refractivity contribution >= 4 is 23.0 Å². The van der Waals surface area contributed by atoms with Crippen LogP contribution in [-0.4, -0.2) is 13.1 Å². The Kier molecular flexibility index (Phi) is 3.33. The van der Waals surface area contributed by atoms with E-state index in [0.717, 1.165) is 0 Å².